The second-order valence-electron chi connectivity index (χ2n) is 4.42. The Kier molecular flexibility index (Phi) is 5.10. The molecule has 2 aromatic carbocycles. The Morgan fingerprint density at radius 1 is 1.14 bits per heavy atom. The van der Waals surface area contributed by atoms with Gasteiger partial charge in [0, 0.05) is 0 Å². The summed E-state index contributed by atoms with van der Waals surface area (Å²) in [6.45, 7) is 2.60. The van der Waals surface area contributed by atoms with Crippen molar-refractivity contribution in [2.75, 3.05) is 6.61 Å². The lowest BCUT2D eigenvalue weighted by Gasteiger charge is -2.08. The van der Waals surface area contributed by atoms with Crippen LogP contribution in [0.25, 0.3) is 0 Å². The molecular weight excluding hydrogens is 268 g/mol. The first kappa shape index (κ1) is 14.8. The summed E-state index contributed by atoms with van der Waals surface area (Å²) in [5.41, 5.74) is 0.716. The average molecular weight is 284 g/mol. The van der Waals surface area contributed by atoms with Crippen LogP contribution >= 0.6 is 0 Å². The van der Waals surface area contributed by atoms with Gasteiger partial charge < -0.3 is 9.47 Å². The second-order valence-corrected chi connectivity index (χ2v) is 4.42. The van der Waals surface area contributed by atoms with Crippen molar-refractivity contribution in [3.8, 4) is 11.5 Å². The molecule has 0 saturated heterocycles. The lowest BCUT2D eigenvalue weighted by Crippen LogP contribution is -2.10. The third kappa shape index (κ3) is 3.92. The highest BCUT2D eigenvalue weighted by molar-refractivity contribution is 5.92. The van der Waals surface area contributed by atoms with E-state index >= 15 is 0 Å². The molecule has 4 heteroatoms. The van der Waals surface area contributed by atoms with Gasteiger partial charge in [0.2, 0.25) is 0 Å². The molecule has 0 bridgehead atoms. The molecule has 0 aliphatic rings. The van der Waals surface area contributed by atoms with E-state index < -0.39 is 5.97 Å². The summed E-state index contributed by atoms with van der Waals surface area (Å²) < 4.78 is 10.7. The first-order chi connectivity index (χ1) is 10.2. The number of benzene rings is 2. The topological polar surface area (TPSA) is 52.6 Å². The SMILES string of the molecule is CCCOc1cccc(C(=O)Oc2ccccc2C=O)c1. The molecule has 0 amide bonds. The minimum absolute atomic E-state index is 0.248. The van der Waals surface area contributed by atoms with Gasteiger partial charge in [0.25, 0.3) is 0 Å². The minimum Gasteiger partial charge on any atom is -0.494 e. The predicted molar refractivity (Wildman–Crippen MR) is 79.0 cm³/mol. The molecule has 0 radical (unpaired) electrons. The highest BCUT2D eigenvalue weighted by Gasteiger charge is 2.12. The van der Waals surface area contributed by atoms with Crippen molar-refractivity contribution in [1.82, 2.24) is 0 Å². The number of hydrogen-bond acceptors (Lipinski definition) is 4. The van der Waals surface area contributed by atoms with Crippen LogP contribution in [0.1, 0.15) is 34.1 Å². The molecule has 0 unspecified atom stereocenters. The Balaban J connectivity index is 2.14. The van der Waals surface area contributed by atoms with Gasteiger partial charge in [-0.2, -0.15) is 0 Å². The Morgan fingerprint density at radius 3 is 2.71 bits per heavy atom. The number of hydrogen-bond donors (Lipinski definition) is 0. The maximum absolute atomic E-state index is 12.1. The van der Waals surface area contributed by atoms with Gasteiger partial charge >= 0.3 is 5.97 Å². The smallest absolute Gasteiger partial charge is 0.343 e. The fourth-order valence-electron chi connectivity index (χ4n) is 1.76. The van der Waals surface area contributed by atoms with E-state index in [1.165, 1.54) is 0 Å². The highest BCUT2D eigenvalue weighted by Crippen LogP contribution is 2.19. The number of carbonyl (C=O) groups is 2. The summed E-state index contributed by atoms with van der Waals surface area (Å²) >= 11 is 0. The molecule has 0 atom stereocenters. The molecule has 0 N–H and O–H groups in total. The molecule has 0 aromatic heterocycles. The first-order valence-corrected chi connectivity index (χ1v) is 6.74. The zero-order valence-corrected chi connectivity index (χ0v) is 11.7. The van der Waals surface area contributed by atoms with E-state index in [0.29, 0.717) is 29.8 Å². The third-order valence-electron chi connectivity index (χ3n) is 2.79. The van der Waals surface area contributed by atoms with E-state index in [-0.39, 0.29) is 5.75 Å². The van der Waals surface area contributed by atoms with Gasteiger partial charge in [0.1, 0.15) is 11.5 Å². The fraction of sp³-hybridized carbons (Fsp3) is 0.176. The Hall–Kier alpha value is -2.62. The van der Waals surface area contributed by atoms with Crippen molar-refractivity contribution in [2.45, 2.75) is 13.3 Å². The molecule has 2 aromatic rings. The van der Waals surface area contributed by atoms with Crippen LogP contribution in [0.4, 0.5) is 0 Å². The van der Waals surface area contributed by atoms with Gasteiger partial charge in [-0.25, -0.2) is 4.79 Å². The van der Waals surface area contributed by atoms with Crippen LogP contribution in [0.5, 0.6) is 11.5 Å². The molecule has 0 heterocycles. The predicted octanol–water partition coefficient (Wildman–Crippen LogP) is 3.51. The summed E-state index contributed by atoms with van der Waals surface area (Å²) in [7, 11) is 0. The largest absolute Gasteiger partial charge is 0.494 e. The number of ether oxygens (including phenoxy) is 2. The Morgan fingerprint density at radius 2 is 1.95 bits per heavy atom. The van der Waals surface area contributed by atoms with Gasteiger partial charge in [-0.15, -0.1) is 0 Å². The lowest BCUT2D eigenvalue weighted by molar-refractivity contribution is 0.0733. The number of esters is 1. The lowest BCUT2D eigenvalue weighted by atomic mass is 10.2. The molecule has 0 saturated carbocycles. The zero-order chi connectivity index (χ0) is 15.1. The highest BCUT2D eigenvalue weighted by atomic mass is 16.5. The Labute approximate surface area is 123 Å². The van der Waals surface area contributed by atoms with Crippen LogP contribution in [0.2, 0.25) is 0 Å². The van der Waals surface area contributed by atoms with E-state index in [4.69, 9.17) is 9.47 Å². The van der Waals surface area contributed by atoms with Crippen LogP contribution in [-0.2, 0) is 0 Å². The molecular formula is C17H16O4. The third-order valence-corrected chi connectivity index (χ3v) is 2.79. The minimum atomic E-state index is -0.522. The molecule has 108 valence electrons. The summed E-state index contributed by atoms with van der Waals surface area (Å²) in [6, 6.07) is 13.4. The van der Waals surface area contributed by atoms with Crippen LogP contribution in [0.15, 0.2) is 48.5 Å². The van der Waals surface area contributed by atoms with E-state index in [9.17, 15) is 9.59 Å². The molecule has 0 spiro atoms. The van der Waals surface area contributed by atoms with Crippen molar-refractivity contribution in [2.24, 2.45) is 0 Å². The van der Waals surface area contributed by atoms with E-state index in [1.54, 1.807) is 48.5 Å². The van der Waals surface area contributed by atoms with E-state index in [0.717, 1.165) is 6.42 Å². The molecule has 0 fully saturated rings. The maximum atomic E-state index is 12.1. The summed E-state index contributed by atoms with van der Waals surface area (Å²) in [5.74, 6) is 0.346. The molecule has 0 aliphatic carbocycles. The number of para-hydroxylation sites is 1. The number of aldehydes is 1. The monoisotopic (exact) mass is 284 g/mol. The van der Waals surface area contributed by atoms with Gasteiger partial charge in [0.15, 0.2) is 6.29 Å². The zero-order valence-electron chi connectivity index (χ0n) is 11.7. The summed E-state index contributed by atoms with van der Waals surface area (Å²) in [4.78, 5) is 23.0. The fourth-order valence-corrected chi connectivity index (χ4v) is 1.76. The second kappa shape index (κ2) is 7.24. The van der Waals surface area contributed by atoms with E-state index in [2.05, 4.69) is 0 Å². The van der Waals surface area contributed by atoms with E-state index in [1.807, 2.05) is 6.92 Å². The van der Waals surface area contributed by atoms with Gasteiger partial charge in [-0.05, 0) is 36.8 Å². The number of carbonyl (C=O) groups excluding carboxylic acids is 2. The van der Waals surface area contributed by atoms with Crippen LogP contribution in [0.3, 0.4) is 0 Å². The van der Waals surface area contributed by atoms with Crippen molar-refractivity contribution < 1.29 is 19.1 Å². The summed E-state index contributed by atoms with van der Waals surface area (Å²) in [5, 5.41) is 0. The van der Waals surface area contributed by atoms with Gasteiger partial charge in [-0.3, -0.25) is 4.79 Å². The van der Waals surface area contributed by atoms with Crippen molar-refractivity contribution in [1.29, 1.82) is 0 Å². The molecule has 4 nitrogen and oxygen atoms in total. The van der Waals surface area contributed by atoms with Crippen LogP contribution in [0, 0.1) is 0 Å². The number of rotatable bonds is 6. The normalized spacial score (nSPS) is 9.95. The van der Waals surface area contributed by atoms with Crippen LogP contribution in [-0.4, -0.2) is 18.9 Å². The Bertz CT molecular complexity index is 634. The van der Waals surface area contributed by atoms with Crippen molar-refractivity contribution in [3.63, 3.8) is 0 Å². The molecule has 2 rings (SSSR count). The molecule has 0 aliphatic heterocycles. The standard InChI is InChI=1S/C17H16O4/c1-2-10-20-15-8-5-7-13(11-15)17(19)21-16-9-4-3-6-14(16)12-18/h3-9,11-12H,2,10H2,1H3. The molecule has 21 heavy (non-hydrogen) atoms. The quantitative estimate of drug-likeness (QED) is 0.463. The van der Waals surface area contributed by atoms with Crippen molar-refractivity contribution in [3.05, 3.63) is 59.7 Å². The summed E-state index contributed by atoms with van der Waals surface area (Å²) in [6.07, 6.45) is 1.55. The van der Waals surface area contributed by atoms with Gasteiger partial charge in [-0.1, -0.05) is 25.1 Å². The average Bonchev–Trinajstić information content (AvgIpc) is 2.53. The van der Waals surface area contributed by atoms with Crippen LogP contribution < -0.4 is 9.47 Å². The maximum Gasteiger partial charge on any atom is 0.343 e. The first-order valence-electron chi connectivity index (χ1n) is 6.74. The van der Waals surface area contributed by atoms with Gasteiger partial charge in [0.05, 0.1) is 17.7 Å². The van der Waals surface area contributed by atoms with Crippen molar-refractivity contribution >= 4 is 12.3 Å².